The first-order valence-electron chi connectivity index (χ1n) is 16.6. The molecule has 4 N–H and O–H groups in total. The number of carbonyl (C=O) groups is 2. The van der Waals surface area contributed by atoms with Crippen LogP contribution in [0.3, 0.4) is 0 Å². The zero-order chi connectivity index (χ0) is 39.2. The number of amides is 2. The number of ether oxygens (including phenoxy) is 1. The van der Waals surface area contributed by atoms with E-state index in [0.717, 1.165) is 49.3 Å². The molecule has 2 aromatic carbocycles. The van der Waals surface area contributed by atoms with Crippen LogP contribution in [0, 0.1) is 0 Å². The number of aliphatic carboxylic acids is 1. The number of carbonyl (C=O) groups excluding carboxylic acids is 1. The van der Waals surface area contributed by atoms with E-state index in [-0.39, 0.29) is 12.1 Å². The van der Waals surface area contributed by atoms with Gasteiger partial charge in [0, 0.05) is 61.9 Å². The molecule has 2 aliphatic rings. The van der Waals surface area contributed by atoms with Crippen LogP contribution < -0.4 is 30.9 Å². The molecule has 4 aromatic rings. The number of urea groups is 1. The van der Waals surface area contributed by atoms with Crippen LogP contribution in [0.5, 0.6) is 5.75 Å². The van der Waals surface area contributed by atoms with E-state index in [9.17, 15) is 22.5 Å². The Kier molecular flexibility index (Phi) is 12.5. The quantitative estimate of drug-likeness (QED) is 0.126. The molecule has 0 unspecified atom stereocenters. The second-order valence-corrected chi connectivity index (χ2v) is 16.5. The van der Waals surface area contributed by atoms with Gasteiger partial charge in [0.1, 0.15) is 24.2 Å². The molecule has 286 valence electrons. The Hall–Kier alpha value is -5.22. The number of allylic oxidation sites excluding steroid dienone is 2. The largest absolute Gasteiger partial charge is 0.494 e. The average molecular weight is 833 g/mol. The topological polar surface area (TPSA) is 175 Å². The highest BCUT2D eigenvalue weighted by molar-refractivity contribution is 9.10. The van der Waals surface area contributed by atoms with Gasteiger partial charge in [0.2, 0.25) is 5.95 Å². The van der Waals surface area contributed by atoms with Crippen molar-refractivity contribution < 1.29 is 37.2 Å². The van der Waals surface area contributed by atoms with Crippen molar-refractivity contribution in [2.24, 2.45) is 0 Å². The zero-order valence-corrected chi connectivity index (χ0v) is 32.2. The van der Waals surface area contributed by atoms with Crippen LogP contribution in [0.4, 0.5) is 46.8 Å². The minimum atomic E-state index is -5.08. The molecule has 0 radical (unpaired) electrons. The van der Waals surface area contributed by atoms with Crippen LogP contribution in [0.25, 0.3) is 11.0 Å². The molecular formula is C35H38BrF3N9O5P. The number of fused-ring (bicyclic) bond motifs is 1. The number of nitrogens with zero attached hydrogens (tertiary/aromatic N) is 6. The van der Waals surface area contributed by atoms with Gasteiger partial charge >= 0.3 is 18.2 Å². The van der Waals surface area contributed by atoms with Crippen LogP contribution in [0.1, 0.15) is 25.3 Å². The minimum Gasteiger partial charge on any atom is -0.494 e. The van der Waals surface area contributed by atoms with Crippen molar-refractivity contribution in [1.29, 1.82) is 0 Å². The van der Waals surface area contributed by atoms with Gasteiger partial charge in [0.25, 0.3) is 0 Å². The third-order valence-electron chi connectivity index (χ3n) is 8.51. The number of rotatable bonds is 9. The van der Waals surface area contributed by atoms with Gasteiger partial charge in [-0.1, -0.05) is 6.92 Å². The van der Waals surface area contributed by atoms with E-state index >= 15 is 0 Å². The summed E-state index contributed by atoms with van der Waals surface area (Å²) in [5.74, 6) is -1.23. The number of anilines is 5. The number of hydrogen-bond acceptors (Lipinski definition) is 11. The zero-order valence-electron chi connectivity index (χ0n) is 29.7. The molecule has 19 heteroatoms. The van der Waals surface area contributed by atoms with Gasteiger partial charge in [-0.2, -0.15) is 18.2 Å². The molecule has 0 saturated carbocycles. The average Bonchev–Trinajstić information content (AvgIpc) is 3.36. The minimum absolute atomic E-state index is 0.101. The Morgan fingerprint density at radius 3 is 2.44 bits per heavy atom. The van der Waals surface area contributed by atoms with Gasteiger partial charge < -0.3 is 35.3 Å². The van der Waals surface area contributed by atoms with Gasteiger partial charge in [-0.15, -0.1) is 0 Å². The molecular weight excluding hydrogens is 794 g/mol. The van der Waals surface area contributed by atoms with Gasteiger partial charge in [-0.05, 0) is 84.4 Å². The monoisotopic (exact) mass is 831 g/mol. The summed E-state index contributed by atoms with van der Waals surface area (Å²) >= 11 is 3.56. The van der Waals surface area contributed by atoms with Gasteiger partial charge in [0.15, 0.2) is 0 Å². The normalized spacial score (nSPS) is 14.9. The number of alkyl halides is 3. The first kappa shape index (κ1) is 40.0. The summed E-state index contributed by atoms with van der Waals surface area (Å²) < 4.78 is 51.6. The Morgan fingerprint density at radius 1 is 1.09 bits per heavy atom. The van der Waals surface area contributed by atoms with E-state index in [2.05, 4.69) is 70.8 Å². The highest BCUT2D eigenvalue weighted by atomic mass is 79.9. The van der Waals surface area contributed by atoms with E-state index in [0.29, 0.717) is 44.0 Å². The first-order chi connectivity index (χ1) is 25.6. The van der Waals surface area contributed by atoms with Crippen molar-refractivity contribution in [2.75, 3.05) is 49.1 Å². The third-order valence-corrected chi connectivity index (χ3v) is 10.6. The number of hydrogen-bond donors (Lipinski definition) is 4. The lowest BCUT2D eigenvalue weighted by Gasteiger charge is -2.38. The maximum absolute atomic E-state index is 13.4. The molecule has 0 bridgehead atoms. The molecule has 14 nitrogen and oxygen atoms in total. The third kappa shape index (κ3) is 9.46. The maximum atomic E-state index is 13.4. The lowest BCUT2D eigenvalue weighted by Crippen LogP contribution is -2.47. The summed E-state index contributed by atoms with van der Waals surface area (Å²) in [6.45, 7) is 7.19. The van der Waals surface area contributed by atoms with E-state index < -0.39 is 19.3 Å². The predicted molar refractivity (Wildman–Crippen MR) is 205 cm³/mol. The first-order valence-corrected chi connectivity index (χ1v) is 20.0. The second kappa shape index (κ2) is 16.8. The number of carboxylic acids is 1. The van der Waals surface area contributed by atoms with Crippen molar-refractivity contribution in [3.8, 4) is 5.75 Å². The summed E-state index contributed by atoms with van der Waals surface area (Å²) in [6, 6.07) is 7.87. The van der Waals surface area contributed by atoms with Crippen molar-refractivity contribution >= 4 is 80.2 Å². The Bertz CT molecular complexity index is 2140. The fraction of sp³-hybridized carbons (Fsp3) is 0.314. The molecule has 54 heavy (non-hydrogen) atoms. The number of carboxylic acid groups (broad SMARTS) is 1. The number of methoxy groups -OCH3 is 1. The van der Waals surface area contributed by atoms with Crippen LogP contribution in [0.2, 0.25) is 0 Å². The molecule has 1 saturated heterocycles. The fourth-order valence-electron chi connectivity index (χ4n) is 6.02. The molecule has 0 aliphatic carbocycles. The lowest BCUT2D eigenvalue weighted by atomic mass is 10.0. The van der Waals surface area contributed by atoms with E-state index in [1.54, 1.807) is 50.1 Å². The molecule has 6 rings (SSSR count). The second-order valence-electron chi connectivity index (χ2n) is 12.5. The maximum Gasteiger partial charge on any atom is 0.490 e. The van der Waals surface area contributed by atoms with Crippen molar-refractivity contribution in [2.45, 2.75) is 38.4 Å². The van der Waals surface area contributed by atoms with E-state index in [1.165, 1.54) is 0 Å². The Balaban J connectivity index is 0.000000730. The highest BCUT2D eigenvalue weighted by Crippen LogP contribution is 2.42. The fourth-order valence-corrected chi connectivity index (χ4v) is 7.70. The molecule has 4 heterocycles. The van der Waals surface area contributed by atoms with Gasteiger partial charge in [-0.3, -0.25) is 14.9 Å². The number of aryl methyl sites for hydroxylation is 1. The number of halogens is 4. The van der Waals surface area contributed by atoms with Crippen molar-refractivity contribution in [3.63, 3.8) is 0 Å². The Morgan fingerprint density at radius 2 is 1.80 bits per heavy atom. The SMILES string of the molecule is CCc1cc(Nc2ncc(Br)c(Nc3ccc4nccnc4c3P(C)(C)=O)n2)c(OC)cc1N1CCC(N2C=CC=CNC2=O)CC1.O=C(O)C(F)(F)F. The van der Waals surface area contributed by atoms with Gasteiger partial charge in [0.05, 0.1) is 33.8 Å². The van der Waals surface area contributed by atoms with Crippen LogP contribution in [-0.4, -0.2) is 87.7 Å². The summed E-state index contributed by atoms with van der Waals surface area (Å²) in [5.41, 5.74) is 4.91. The predicted octanol–water partition coefficient (Wildman–Crippen LogP) is 7.14. The smallest absolute Gasteiger partial charge is 0.490 e. The van der Waals surface area contributed by atoms with Crippen LogP contribution in [-0.2, 0) is 15.8 Å². The van der Waals surface area contributed by atoms with Gasteiger partial charge in [-0.25, -0.2) is 14.6 Å². The molecule has 0 spiro atoms. The molecule has 2 aromatic heterocycles. The number of aromatic nitrogens is 4. The summed E-state index contributed by atoms with van der Waals surface area (Å²) in [4.78, 5) is 43.7. The van der Waals surface area contributed by atoms with Crippen molar-refractivity contribution in [3.05, 3.63) is 77.4 Å². The summed E-state index contributed by atoms with van der Waals surface area (Å²) in [5, 5.41) is 17.2. The summed E-state index contributed by atoms with van der Waals surface area (Å²) in [6.07, 6.45) is 9.54. The lowest BCUT2D eigenvalue weighted by molar-refractivity contribution is -0.192. The number of piperidine rings is 1. The van der Waals surface area contributed by atoms with Crippen molar-refractivity contribution in [1.82, 2.24) is 30.2 Å². The molecule has 2 amide bonds. The number of nitrogens with one attached hydrogen (secondary N) is 3. The standard InChI is InChI=1S/C33H37BrN9O3P.C2HF3O2/c1-5-21-18-26(28(46-2)19-27(21)42-16-10-22(11-17-42)43-15-7-6-12-37-33(43)44)40-32-38-20-23(34)31(41-32)39-25-9-8-24-29(36-14-13-35-24)30(25)47(3,4)45;3-2(4,5)1(6)7/h6-9,12-15,18-20,22H,5,10-11,16-17H2,1-4H3,(H,37,44)(H2,38,39,40,41);(H,6,7). The van der Waals surface area contributed by atoms with Crippen LogP contribution in [0.15, 0.2) is 71.9 Å². The van der Waals surface area contributed by atoms with E-state index in [1.807, 2.05) is 30.5 Å². The highest BCUT2D eigenvalue weighted by Gasteiger charge is 2.38. The molecule has 1 fully saturated rings. The number of benzene rings is 2. The van der Waals surface area contributed by atoms with E-state index in [4.69, 9.17) is 19.6 Å². The Labute approximate surface area is 317 Å². The van der Waals surface area contributed by atoms with Crippen LogP contribution >= 0.6 is 23.1 Å². The summed E-state index contributed by atoms with van der Waals surface area (Å²) in [7, 11) is -1.11. The molecule has 2 aliphatic heterocycles. The molecule has 0 atom stereocenters.